The summed E-state index contributed by atoms with van der Waals surface area (Å²) in [5.74, 6) is 1.10. The number of methoxy groups -OCH3 is 1. The Hall–Kier alpha value is -2.79. The van der Waals surface area contributed by atoms with Crippen molar-refractivity contribution in [2.75, 3.05) is 13.9 Å². The van der Waals surface area contributed by atoms with Crippen LogP contribution in [0.5, 0.6) is 11.5 Å². The van der Waals surface area contributed by atoms with Gasteiger partial charge < -0.3 is 14.2 Å². The van der Waals surface area contributed by atoms with Crippen LogP contribution in [0.4, 0.5) is 0 Å². The molecule has 1 aromatic heterocycles. The second-order valence-corrected chi connectivity index (χ2v) is 8.36. The highest BCUT2D eigenvalue weighted by Gasteiger charge is 2.12. The average Bonchev–Trinajstić information content (AvgIpc) is 3.16. The van der Waals surface area contributed by atoms with Crippen LogP contribution in [0, 0.1) is 0 Å². The summed E-state index contributed by atoms with van der Waals surface area (Å²) in [6.07, 6.45) is 4.75. The molecule has 3 aromatic rings. The molecule has 0 bridgehead atoms. The summed E-state index contributed by atoms with van der Waals surface area (Å²) in [5, 5.41) is 1.13. The minimum absolute atomic E-state index is 0.136. The van der Waals surface area contributed by atoms with Gasteiger partial charge in [-0.05, 0) is 67.1 Å². The maximum Gasteiger partial charge on any atom is 0.335 e. The zero-order valence-corrected chi connectivity index (χ0v) is 18.6. The Morgan fingerprint density at radius 2 is 1.93 bits per heavy atom. The Kier molecular flexibility index (Phi) is 7.52. The Morgan fingerprint density at radius 1 is 1.10 bits per heavy atom. The molecule has 0 aliphatic rings. The first kappa shape index (κ1) is 21.9. The van der Waals surface area contributed by atoms with Gasteiger partial charge in [0.1, 0.15) is 11.5 Å². The van der Waals surface area contributed by atoms with Crippen molar-refractivity contribution in [2.45, 2.75) is 39.5 Å². The Morgan fingerprint density at radius 3 is 2.67 bits per heavy atom. The van der Waals surface area contributed by atoms with E-state index in [2.05, 4.69) is 37.8 Å². The number of hydrogen-bond acceptors (Lipinski definition) is 5. The zero-order chi connectivity index (χ0) is 21.5. The van der Waals surface area contributed by atoms with Gasteiger partial charge in [-0.2, -0.15) is 0 Å². The molecule has 0 saturated heterocycles. The topological polar surface area (TPSA) is 44.8 Å². The second-order valence-electron chi connectivity index (χ2n) is 7.28. The number of thiophene rings is 1. The summed E-state index contributed by atoms with van der Waals surface area (Å²) in [6, 6.07) is 14.5. The quantitative estimate of drug-likeness (QED) is 0.156. The number of carbonyl (C=O) groups excluding carboxylic acids is 1. The van der Waals surface area contributed by atoms with Crippen molar-refractivity contribution in [1.29, 1.82) is 0 Å². The van der Waals surface area contributed by atoms with Crippen LogP contribution in [0.1, 0.15) is 38.7 Å². The molecule has 0 spiro atoms. The third-order valence-corrected chi connectivity index (χ3v) is 5.99. The summed E-state index contributed by atoms with van der Waals surface area (Å²) in [7, 11) is 1.72. The Balaban J connectivity index is 1.76. The zero-order valence-electron chi connectivity index (χ0n) is 17.8. The highest BCUT2D eigenvalue weighted by atomic mass is 32.1. The van der Waals surface area contributed by atoms with E-state index in [-0.39, 0.29) is 6.79 Å². The smallest absolute Gasteiger partial charge is 0.335 e. The van der Waals surface area contributed by atoms with Crippen LogP contribution in [0.15, 0.2) is 54.6 Å². The molecule has 3 rings (SSSR count). The lowest BCUT2D eigenvalue weighted by Crippen LogP contribution is -2.10. The largest absolute Gasteiger partial charge is 0.496 e. The van der Waals surface area contributed by atoms with Crippen LogP contribution >= 0.6 is 11.3 Å². The molecule has 2 aromatic carbocycles. The van der Waals surface area contributed by atoms with E-state index in [0.29, 0.717) is 11.3 Å². The predicted octanol–water partition coefficient (Wildman–Crippen LogP) is 6.77. The lowest BCUT2D eigenvalue weighted by Gasteiger charge is -2.09. The lowest BCUT2D eigenvalue weighted by atomic mass is 10.0. The third-order valence-electron chi connectivity index (χ3n) is 4.86. The molecule has 0 amide bonds. The molecule has 0 atom stereocenters. The van der Waals surface area contributed by atoms with E-state index >= 15 is 0 Å². The van der Waals surface area contributed by atoms with Crippen LogP contribution < -0.4 is 9.47 Å². The standard InChI is InChI=1S/C25H28O4S/c1-5-6-7-8-18-9-12-21(22(13-18)27-4)24-14-19-10-11-20(15-23(19)30-24)28-16-29-25(26)17(2)3/h9-15H,2,5-8,16H2,1,3-4H3. The summed E-state index contributed by atoms with van der Waals surface area (Å²) in [6.45, 7) is 7.24. The van der Waals surface area contributed by atoms with E-state index in [0.717, 1.165) is 32.7 Å². The van der Waals surface area contributed by atoms with E-state index < -0.39 is 5.97 Å². The average molecular weight is 425 g/mol. The predicted molar refractivity (Wildman–Crippen MR) is 123 cm³/mol. The van der Waals surface area contributed by atoms with Crippen molar-refractivity contribution in [3.63, 3.8) is 0 Å². The molecule has 0 saturated carbocycles. The third kappa shape index (κ3) is 5.42. The van der Waals surface area contributed by atoms with Crippen molar-refractivity contribution in [3.05, 3.63) is 60.2 Å². The van der Waals surface area contributed by atoms with Crippen LogP contribution in [0.3, 0.4) is 0 Å². The summed E-state index contributed by atoms with van der Waals surface area (Å²) >= 11 is 1.68. The van der Waals surface area contributed by atoms with E-state index in [1.807, 2.05) is 18.2 Å². The van der Waals surface area contributed by atoms with Gasteiger partial charge in [0.15, 0.2) is 0 Å². The summed E-state index contributed by atoms with van der Waals surface area (Å²) in [5.41, 5.74) is 2.75. The van der Waals surface area contributed by atoms with Gasteiger partial charge in [-0.3, -0.25) is 0 Å². The van der Waals surface area contributed by atoms with Gasteiger partial charge in [0.05, 0.1) is 7.11 Å². The van der Waals surface area contributed by atoms with Crippen LogP contribution in [-0.4, -0.2) is 19.9 Å². The van der Waals surface area contributed by atoms with Gasteiger partial charge >= 0.3 is 5.97 Å². The van der Waals surface area contributed by atoms with Crippen molar-refractivity contribution < 1.29 is 19.0 Å². The number of aryl methyl sites for hydroxylation is 1. The van der Waals surface area contributed by atoms with Crippen molar-refractivity contribution in [3.8, 4) is 21.9 Å². The number of rotatable bonds is 10. The first-order chi connectivity index (χ1) is 14.5. The number of fused-ring (bicyclic) bond motifs is 1. The Bertz CT molecular complexity index is 1030. The molecule has 0 aliphatic heterocycles. The van der Waals surface area contributed by atoms with Crippen LogP contribution in [0.2, 0.25) is 0 Å². The van der Waals surface area contributed by atoms with E-state index in [1.54, 1.807) is 25.4 Å². The maximum absolute atomic E-state index is 11.5. The number of esters is 1. The van der Waals surface area contributed by atoms with Gasteiger partial charge in [-0.1, -0.05) is 32.4 Å². The van der Waals surface area contributed by atoms with Crippen LogP contribution in [0.25, 0.3) is 20.5 Å². The molecule has 1 heterocycles. The maximum atomic E-state index is 11.5. The minimum atomic E-state index is -0.459. The highest BCUT2D eigenvalue weighted by molar-refractivity contribution is 7.22. The molecule has 4 nitrogen and oxygen atoms in total. The SMILES string of the molecule is C=C(C)C(=O)OCOc1ccc2cc(-c3ccc(CCCCC)cc3OC)sc2c1. The van der Waals surface area contributed by atoms with Gasteiger partial charge in [0.2, 0.25) is 6.79 Å². The highest BCUT2D eigenvalue weighted by Crippen LogP contribution is 2.40. The molecule has 0 N–H and O–H groups in total. The number of carbonyl (C=O) groups is 1. The second kappa shape index (κ2) is 10.3. The molecule has 158 valence electrons. The summed E-state index contributed by atoms with van der Waals surface area (Å²) in [4.78, 5) is 12.6. The first-order valence-electron chi connectivity index (χ1n) is 10.2. The number of benzene rings is 2. The Labute approximate surface area is 182 Å². The van der Waals surface area contributed by atoms with Gasteiger partial charge in [0, 0.05) is 20.7 Å². The molecular formula is C25H28O4S. The number of unbranched alkanes of at least 4 members (excludes halogenated alkanes) is 2. The molecule has 0 aliphatic carbocycles. The van der Waals surface area contributed by atoms with E-state index in [1.165, 1.54) is 24.8 Å². The van der Waals surface area contributed by atoms with Crippen LogP contribution in [-0.2, 0) is 16.0 Å². The molecule has 30 heavy (non-hydrogen) atoms. The van der Waals surface area contributed by atoms with Gasteiger partial charge in [-0.15, -0.1) is 11.3 Å². The van der Waals surface area contributed by atoms with Gasteiger partial charge in [-0.25, -0.2) is 4.79 Å². The van der Waals surface area contributed by atoms with E-state index in [4.69, 9.17) is 14.2 Å². The fourth-order valence-corrected chi connectivity index (χ4v) is 4.30. The van der Waals surface area contributed by atoms with Crippen molar-refractivity contribution in [2.24, 2.45) is 0 Å². The molecule has 0 unspecified atom stereocenters. The normalized spacial score (nSPS) is 10.8. The molecule has 0 fully saturated rings. The van der Waals surface area contributed by atoms with E-state index in [9.17, 15) is 4.79 Å². The monoisotopic (exact) mass is 424 g/mol. The fourth-order valence-electron chi connectivity index (χ4n) is 3.18. The van der Waals surface area contributed by atoms with Crippen molar-refractivity contribution in [1.82, 2.24) is 0 Å². The molecule has 5 heteroatoms. The first-order valence-corrected chi connectivity index (χ1v) is 11.0. The number of ether oxygens (including phenoxy) is 3. The minimum Gasteiger partial charge on any atom is -0.496 e. The van der Waals surface area contributed by atoms with Gasteiger partial charge in [0.25, 0.3) is 0 Å². The lowest BCUT2D eigenvalue weighted by molar-refractivity contribution is -0.145. The summed E-state index contributed by atoms with van der Waals surface area (Å²) < 4.78 is 17.3. The number of hydrogen-bond donors (Lipinski definition) is 0. The molecular weight excluding hydrogens is 396 g/mol. The van der Waals surface area contributed by atoms with Crippen molar-refractivity contribution >= 4 is 27.4 Å². The molecule has 0 radical (unpaired) electrons. The fraction of sp³-hybridized carbons (Fsp3) is 0.320.